The fourth-order valence-electron chi connectivity index (χ4n) is 1.17. The minimum Gasteiger partial charge on any atom is -0.367 e. The van der Waals surface area contributed by atoms with Gasteiger partial charge < -0.3 is 10.5 Å². The highest BCUT2D eigenvalue weighted by atomic mass is 19.4. The molecule has 0 radical (unpaired) electrons. The molecule has 0 aliphatic rings. The minimum atomic E-state index is -4.38. The Morgan fingerprint density at radius 2 is 1.69 bits per heavy atom. The van der Waals surface area contributed by atoms with Gasteiger partial charge >= 0.3 is 6.18 Å². The zero-order chi connectivity index (χ0) is 13.0. The van der Waals surface area contributed by atoms with Crippen LogP contribution in [0, 0.1) is 5.41 Å². The van der Waals surface area contributed by atoms with Crippen LogP contribution in [0.25, 0.3) is 0 Å². The first-order valence-corrected chi connectivity index (χ1v) is 5.52. The van der Waals surface area contributed by atoms with Crippen molar-refractivity contribution in [1.29, 1.82) is 0 Å². The Hall–Kier alpha value is -0.290. The monoisotopic (exact) mass is 241 g/mol. The smallest absolute Gasteiger partial charge is 0.367 e. The zero-order valence-electron chi connectivity index (χ0n) is 10.4. The highest BCUT2D eigenvalue weighted by molar-refractivity contribution is 4.79. The largest absolute Gasteiger partial charge is 0.416 e. The minimum absolute atomic E-state index is 0.0353. The van der Waals surface area contributed by atoms with Crippen LogP contribution in [0.5, 0.6) is 0 Å². The lowest BCUT2D eigenvalue weighted by Gasteiger charge is -2.27. The van der Waals surface area contributed by atoms with Gasteiger partial charge in [0, 0.05) is 12.6 Å². The number of halogens is 3. The lowest BCUT2D eigenvalue weighted by atomic mass is 9.93. The van der Waals surface area contributed by atoms with Crippen molar-refractivity contribution in [3.63, 3.8) is 0 Å². The molecule has 98 valence electrons. The predicted octanol–water partition coefficient (Wildman–Crippen LogP) is 3.11. The van der Waals surface area contributed by atoms with E-state index in [-0.39, 0.29) is 18.4 Å². The van der Waals surface area contributed by atoms with Gasteiger partial charge in [0.05, 0.1) is 0 Å². The number of hydrogen-bond acceptors (Lipinski definition) is 2. The number of nitrogens with two attached hydrogens (primary N) is 1. The van der Waals surface area contributed by atoms with E-state index in [1.807, 2.05) is 20.8 Å². The fraction of sp³-hybridized carbons (Fsp3) is 1.00. The molecule has 0 aliphatic carbocycles. The van der Waals surface area contributed by atoms with Gasteiger partial charge in [-0.3, -0.25) is 0 Å². The second-order valence-electron chi connectivity index (χ2n) is 5.22. The molecule has 0 aromatic carbocycles. The summed E-state index contributed by atoms with van der Waals surface area (Å²) in [5, 5.41) is 0. The van der Waals surface area contributed by atoms with E-state index in [0.29, 0.717) is 6.42 Å². The van der Waals surface area contributed by atoms with Gasteiger partial charge in [0.25, 0.3) is 0 Å². The molecule has 0 aromatic rings. The van der Waals surface area contributed by atoms with E-state index in [1.165, 1.54) is 0 Å². The molecule has 2 nitrogen and oxygen atoms in total. The van der Waals surface area contributed by atoms with Crippen LogP contribution in [0.3, 0.4) is 0 Å². The predicted molar refractivity (Wildman–Crippen MR) is 58.1 cm³/mol. The third kappa shape index (κ3) is 6.33. The average Bonchev–Trinajstić information content (AvgIpc) is 2.07. The van der Waals surface area contributed by atoms with Crippen LogP contribution in [0.1, 0.15) is 40.5 Å². The summed E-state index contributed by atoms with van der Waals surface area (Å²) in [5.74, 6) is 0. The van der Waals surface area contributed by atoms with E-state index in [9.17, 15) is 13.2 Å². The van der Waals surface area contributed by atoms with Crippen molar-refractivity contribution in [1.82, 2.24) is 0 Å². The molecule has 2 unspecified atom stereocenters. The summed E-state index contributed by atoms with van der Waals surface area (Å²) in [6.45, 7) is 7.58. The van der Waals surface area contributed by atoms with E-state index in [2.05, 4.69) is 0 Å². The molecular weight excluding hydrogens is 219 g/mol. The first-order valence-electron chi connectivity index (χ1n) is 5.52. The van der Waals surface area contributed by atoms with Crippen LogP contribution in [0.4, 0.5) is 13.2 Å². The molecule has 5 heteroatoms. The van der Waals surface area contributed by atoms with Crippen molar-refractivity contribution in [2.75, 3.05) is 6.61 Å². The van der Waals surface area contributed by atoms with Crippen molar-refractivity contribution >= 4 is 0 Å². The maximum atomic E-state index is 12.6. The lowest BCUT2D eigenvalue weighted by molar-refractivity contribution is -0.227. The van der Waals surface area contributed by atoms with Crippen LogP contribution in [-0.4, -0.2) is 24.9 Å². The molecule has 0 bridgehead atoms. The highest BCUT2D eigenvalue weighted by Gasteiger charge is 2.43. The van der Waals surface area contributed by atoms with Crippen LogP contribution in [0.2, 0.25) is 0 Å². The SMILES string of the molecule is CCC(N)C(OCCC(C)(C)C)C(F)(F)F. The summed E-state index contributed by atoms with van der Waals surface area (Å²) in [4.78, 5) is 0. The van der Waals surface area contributed by atoms with E-state index in [0.717, 1.165) is 0 Å². The standard InChI is InChI=1S/C11H22F3NO/c1-5-8(15)9(11(12,13)14)16-7-6-10(2,3)4/h8-9H,5-7,15H2,1-4H3. The molecular formula is C11H22F3NO. The third-order valence-electron chi connectivity index (χ3n) is 2.33. The van der Waals surface area contributed by atoms with Crippen LogP contribution >= 0.6 is 0 Å². The zero-order valence-corrected chi connectivity index (χ0v) is 10.4. The Labute approximate surface area is 95.3 Å². The van der Waals surface area contributed by atoms with Gasteiger partial charge in [0.2, 0.25) is 0 Å². The van der Waals surface area contributed by atoms with Gasteiger partial charge in [-0.15, -0.1) is 0 Å². The quantitative estimate of drug-likeness (QED) is 0.802. The molecule has 0 fully saturated rings. The van der Waals surface area contributed by atoms with Gasteiger partial charge in [-0.2, -0.15) is 13.2 Å². The Kier molecular flexibility index (Phi) is 5.76. The number of alkyl halides is 3. The molecule has 0 saturated carbocycles. The fourth-order valence-corrected chi connectivity index (χ4v) is 1.17. The van der Waals surface area contributed by atoms with Gasteiger partial charge in [0.1, 0.15) is 0 Å². The van der Waals surface area contributed by atoms with Gasteiger partial charge in [0.15, 0.2) is 6.10 Å². The molecule has 0 spiro atoms. The van der Waals surface area contributed by atoms with Crippen molar-refractivity contribution in [3.05, 3.63) is 0 Å². The third-order valence-corrected chi connectivity index (χ3v) is 2.33. The van der Waals surface area contributed by atoms with E-state index in [4.69, 9.17) is 10.5 Å². The maximum absolute atomic E-state index is 12.6. The van der Waals surface area contributed by atoms with E-state index < -0.39 is 18.3 Å². The molecule has 0 rings (SSSR count). The van der Waals surface area contributed by atoms with Crippen LogP contribution in [-0.2, 0) is 4.74 Å². The van der Waals surface area contributed by atoms with Gasteiger partial charge in [-0.05, 0) is 18.3 Å². The maximum Gasteiger partial charge on any atom is 0.416 e. The summed E-state index contributed by atoms with van der Waals surface area (Å²) in [6, 6.07) is -0.986. The molecule has 16 heavy (non-hydrogen) atoms. The van der Waals surface area contributed by atoms with Gasteiger partial charge in [-0.1, -0.05) is 27.7 Å². The number of hydrogen-bond donors (Lipinski definition) is 1. The molecule has 0 saturated heterocycles. The normalized spacial score (nSPS) is 17.2. The lowest BCUT2D eigenvalue weighted by Crippen LogP contribution is -2.46. The van der Waals surface area contributed by atoms with E-state index in [1.54, 1.807) is 6.92 Å². The van der Waals surface area contributed by atoms with Crippen molar-refractivity contribution in [2.24, 2.45) is 11.1 Å². The van der Waals surface area contributed by atoms with Crippen molar-refractivity contribution < 1.29 is 17.9 Å². The van der Waals surface area contributed by atoms with Gasteiger partial charge in [-0.25, -0.2) is 0 Å². The molecule has 0 aromatic heterocycles. The average molecular weight is 241 g/mol. The highest BCUT2D eigenvalue weighted by Crippen LogP contribution is 2.27. The topological polar surface area (TPSA) is 35.2 Å². The Balaban J connectivity index is 4.25. The van der Waals surface area contributed by atoms with E-state index >= 15 is 0 Å². The summed E-state index contributed by atoms with van der Waals surface area (Å²) >= 11 is 0. The first kappa shape index (κ1) is 15.7. The second kappa shape index (κ2) is 5.87. The number of rotatable bonds is 5. The number of ether oxygens (including phenoxy) is 1. The molecule has 0 heterocycles. The van der Waals surface area contributed by atoms with Crippen LogP contribution < -0.4 is 5.73 Å². The molecule has 2 atom stereocenters. The van der Waals surface area contributed by atoms with Crippen LogP contribution in [0.15, 0.2) is 0 Å². The summed E-state index contributed by atoms with van der Waals surface area (Å²) in [6.07, 6.45) is -5.40. The molecule has 0 aliphatic heterocycles. The second-order valence-corrected chi connectivity index (χ2v) is 5.22. The first-order chi connectivity index (χ1) is 7.08. The molecule has 2 N–H and O–H groups in total. The Morgan fingerprint density at radius 3 is 2.00 bits per heavy atom. The summed E-state index contributed by atoms with van der Waals surface area (Å²) in [5.41, 5.74) is 5.37. The Morgan fingerprint density at radius 1 is 1.19 bits per heavy atom. The summed E-state index contributed by atoms with van der Waals surface area (Å²) < 4.78 is 42.6. The van der Waals surface area contributed by atoms with Crippen molar-refractivity contribution in [2.45, 2.75) is 58.9 Å². The summed E-state index contributed by atoms with van der Waals surface area (Å²) in [7, 11) is 0. The van der Waals surface area contributed by atoms with Crippen molar-refractivity contribution in [3.8, 4) is 0 Å². The molecule has 0 amide bonds. The Bertz CT molecular complexity index is 198.